The van der Waals surface area contributed by atoms with Crippen molar-refractivity contribution in [3.8, 4) is 6.07 Å². The third kappa shape index (κ3) is 2.60. The van der Waals surface area contributed by atoms with Crippen molar-refractivity contribution in [3.05, 3.63) is 23.8 Å². The van der Waals surface area contributed by atoms with E-state index in [-0.39, 0.29) is 5.91 Å². The van der Waals surface area contributed by atoms with Gasteiger partial charge in [-0.25, -0.2) is 0 Å². The van der Waals surface area contributed by atoms with Crippen molar-refractivity contribution >= 4 is 17.3 Å². The lowest BCUT2D eigenvalue weighted by molar-refractivity contribution is -0.115. The largest absolute Gasteiger partial charge is 0.385 e. The number of amides is 1. The average molecular weight is 245 g/mol. The molecule has 94 valence electrons. The molecule has 0 spiro atoms. The van der Waals surface area contributed by atoms with E-state index in [1.807, 2.05) is 11.0 Å². The van der Waals surface area contributed by atoms with Gasteiger partial charge in [-0.05, 0) is 24.6 Å². The fourth-order valence-corrected chi connectivity index (χ4v) is 2.02. The number of benzene rings is 1. The molecule has 1 aromatic carbocycles. The second-order valence-corrected chi connectivity index (χ2v) is 4.16. The van der Waals surface area contributed by atoms with Crippen LogP contribution >= 0.6 is 0 Å². The number of hydrogen-bond donors (Lipinski definition) is 1. The van der Waals surface area contributed by atoms with E-state index in [0.717, 1.165) is 24.3 Å². The number of rotatable bonds is 4. The van der Waals surface area contributed by atoms with Crippen molar-refractivity contribution in [2.45, 2.75) is 6.42 Å². The Bertz CT molecular complexity index is 493. The van der Waals surface area contributed by atoms with Crippen LogP contribution in [0.5, 0.6) is 0 Å². The number of methoxy groups -OCH3 is 1. The Morgan fingerprint density at radius 3 is 3.11 bits per heavy atom. The van der Waals surface area contributed by atoms with Gasteiger partial charge in [0.1, 0.15) is 0 Å². The Morgan fingerprint density at radius 2 is 2.39 bits per heavy atom. The summed E-state index contributed by atoms with van der Waals surface area (Å²) in [5.74, 6) is -0.0235. The smallest absolute Gasteiger partial charge is 0.243 e. The first-order valence-corrected chi connectivity index (χ1v) is 5.82. The van der Waals surface area contributed by atoms with Gasteiger partial charge in [0.05, 0.1) is 29.6 Å². The van der Waals surface area contributed by atoms with Gasteiger partial charge in [0.25, 0.3) is 0 Å². The zero-order valence-corrected chi connectivity index (χ0v) is 10.3. The fourth-order valence-electron chi connectivity index (χ4n) is 2.02. The standard InChI is InChI=1S/C13H15N3O2/c1-18-6-2-5-16-9-13(17)15-11-4-3-10(8-14)7-12(11)16/h3-4,7H,2,5-6,9H2,1H3,(H,15,17). The Balaban J connectivity index is 2.22. The van der Waals surface area contributed by atoms with E-state index in [1.165, 1.54) is 0 Å². The van der Waals surface area contributed by atoms with E-state index < -0.39 is 0 Å². The van der Waals surface area contributed by atoms with Gasteiger partial charge in [-0.1, -0.05) is 0 Å². The molecule has 1 N–H and O–H groups in total. The van der Waals surface area contributed by atoms with E-state index in [4.69, 9.17) is 10.00 Å². The van der Waals surface area contributed by atoms with Crippen molar-refractivity contribution in [2.24, 2.45) is 0 Å². The van der Waals surface area contributed by atoms with E-state index in [1.54, 1.807) is 19.2 Å². The molecule has 1 aromatic rings. The molecule has 1 heterocycles. The first kappa shape index (κ1) is 12.4. The molecule has 1 aliphatic heterocycles. The normalized spacial score (nSPS) is 13.8. The van der Waals surface area contributed by atoms with Crippen LogP contribution in [0.2, 0.25) is 0 Å². The summed E-state index contributed by atoms with van der Waals surface area (Å²) in [5, 5.41) is 11.7. The molecule has 0 unspecified atom stereocenters. The molecule has 0 saturated carbocycles. The highest BCUT2D eigenvalue weighted by Gasteiger charge is 2.21. The van der Waals surface area contributed by atoms with Crippen LogP contribution in [0.15, 0.2) is 18.2 Å². The summed E-state index contributed by atoms with van der Waals surface area (Å²) in [6.07, 6.45) is 0.847. The predicted octanol–water partition coefficient (Wildman–Crippen LogP) is 1.35. The number of nitrogens with zero attached hydrogens (tertiary/aromatic N) is 2. The van der Waals surface area contributed by atoms with Gasteiger partial charge in [0, 0.05) is 20.3 Å². The fraction of sp³-hybridized carbons (Fsp3) is 0.385. The summed E-state index contributed by atoms with van der Waals surface area (Å²) in [4.78, 5) is 13.6. The van der Waals surface area contributed by atoms with E-state index in [2.05, 4.69) is 11.4 Å². The molecule has 0 saturated heterocycles. The van der Waals surface area contributed by atoms with E-state index in [0.29, 0.717) is 18.7 Å². The number of nitrogens with one attached hydrogen (secondary N) is 1. The zero-order chi connectivity index (χ0) is 13.0. The maximum Gasteiger partial charge on any atom is 0.243 e. The predicted molar refractivity (Wildman–Crippen MR) is 68.5 cm³/mol. The molecular weight excluding hydrogens is 230 g/mol. The zero-order valence-electron chi connectivity index (χ0n) is 10.3. The Hall–Kier alpha value is -2.06. The number of carbonyl (C=O) groups excluding carboxylic acids is 1. The molecule has 0 radical (unpaired) electrons. The molecule has 2 rings (SSSR count). The Kier molecular flexibility index (Phi) is 3.80. The van der Waals surface area contributed by atoms with Gasteiger partial charge >= 0.3 is 0 Å². The number of hydrogen-bond acceptors (Lipinski definition) is 4. The quantitative estimate of drug-likeness (QED) is 0.813. The Morgan fingerprint density at radius 1 is 1.56 bits per heavy atom. The minimum Gasteiger partial charge on any atom is -0.385 e. The SMILES string of the molecule is COCCCN1CC(=O)Nc2ccc(C#N)cc21. The highest BCUT2D eigenvalue weighted by Crippen LogP contribution is 2.30. The highest BCUT2D eigenvalue weighted by molar-refractivity contribution is 6.01. The molecule has 5 heteroatoms. The lowest BCUT2D eigenvalue weighted by Crippen LogP contribution is -2.39. The van der Waals surface area contributed by atoms with Crippen LogP contribution in [-0.4, -0.2) is 32.7 Å². The summed E-state index contributed by atoms with van der Waals surface area (Å²) in [5.41, 5.74) is 2.27. The van der Waals surface area contributed by atoms with Crippen LogP contribution in [-0.2, 0) is 9.53 Å². The number of fused-ring (bicyclic) bond motifs is 1. The highest BCUT2D eigenvalue weighted by atomic mass is 16.5. The van der Waals surface area contributed by atoms with Crippen molar-refractivity contribution in [1.82, 2.24) is 0 Å². The van der Waals surface area contributed by atoms with Crippen molar-refractivity contribution < 1.29 is 9.53 Å². The lowest BCUT2D eigenvalue weighted by atomic mass is 10.1. The lowest BCUT2D eigenvalue weighted by Gasteiger charge is -2.31. The second kappa shape index (κ2) is 5.52. The number of nitriles is 1. The van der Waals surface area contributed by atoms with E-state index in [9.17, 15) is 4.79 Å². The van der Waals surface area contributed by atoms with Crippen LogP contribution < -0.4 is 10.2 Å². The number of anilines is 2. The van der Waals surface area contributed by atoms with Gasteiger partial charge < -0.3 is 15.0 Å². The third-order valence-electron chi connectivity index (χ3n) is 2.85. The summed E-state index contributed by atoms with van der Waals surface area (Å²) < 4.78 is 5.01. The van der Waals surface area contributed by atoms with Crippen LogP contribution in [0.25, 0.3) is 0 Å². The molecular formula is C13H15N3O2. The summed E-state index contributed by atoms with van der Waals surface area (Å²) in [7, 11) is 1.66. The van der Waals surface area contributed by atoms with Crippen molar-refractivity contribution in [3.63, 3.8) is 0 Å². The monoisotopic (exact) mass is 245 g/mol. The first-order valence-electron chi connectivity index (χ1n) is 5.82. The van der Waals surface area contributed by atoms with Crippen molar-refractivity contribution in [1.29, 1.82) is 5.26 Å². The topological polar surface area (TPSA) is 65.4 Å². The second-order valence-electron chi connectivity index (χ2n) is 4.16. The molecule has 1 aliphatic rings. The molecule has 0 aliphatic carbocycles. The number of carbonyl (C=O) groups is 1. The first-order chi connectivity index (χ1) is 8.74. The summed E-state index contributed by atoms with van der Waals surface area (Å²) >= 11 is 0. The third-order valence-corrected chi connectivity index (χ3v) is 2.85. The average Bonchev–Trinajstić information content (AvgIpc) is 2.38. The number of ether oxygens (including phenoxy) is 1. The maximum atomic E-state index is 11.6. The molecule has 5 nitrogen and oxygen atoms in total. The molecule has 1 amide bonds. The Labute approximate surface area is 106 Å². The van der Waals surface area contributed by atoms with Gasteiger partial charge in [-0.15, -0.1) is 0 Å². The molecule has 0 bridgehead atoms. The summed E-state index contributed by atoms with van der Waals surface area (Å²) in [6, 6.07) is 7.40. The minimum atomic E-state index is -0.0235. The van der Waals surface area contributed by atoms with Crippen LogP contribution in [0, 0.1) is 11.3 Å². The molecule has 0 aromatic heterocycles. The maximum absolute atomic E-state index is 11.6. The van der Waals surface area contributed by atoms with Crippen molar-refractivity contribution in [2.75, 3.05) is 37.0 Å². The molecule has 0 fully saturated rings. The summed E-state index contributed by atoms with van der Waals surface area (Å²) in [6.45, 7) is 1.72. The van der Waals surface area contributed by atoms with Crippen LogP contribution in [0.1, 0.15) is 12.0 Å². The van der Waals surface area contributed by atoms with Crippen LogP contribution in [0.4, 0.5) is 11.4 Å². The van der Waals surface area contributed by atoms with Gasteiger partial charge in [0.2, 0.25) is 5.91 Å². The van der Waals surface area contributed by atoms with Gasteiger partial charge in [0.15, 0.2) is 0 Å². The van der Waals surface area contributed by atoms with Gasteiger partial charge in [-0.2, -0.15) is 5.26 Å². The van der Waals surface area contributed by atoms with Crippen LogP contribution in [0.3, 0.4) is 0 Å². The van der Waals surface area contributed by atoms with Gasteiger partial charge in [-0.3, -0.25) is 4.79 Å². The molecule has 18 heavy (non-hydrogen) atoms. The molecule has 0 atom stereocenters. The van der Waals surface area contributed by atoms with E-state index >= 15 is 0 Å². The minimum absolute atomic E-state index is 0.0235.